The highest BCUT2D eigenvalue weighted by Crippen LogP contribution is 2.33. The van der Waals surface area contributed by atoms with E-state index in [4.69, 9.17) is 0 Å². The van der Waals surface area contributed by atoms with Gasteiger partial charge in [-0.15, -0.1) is 0 Å². The van der Waals surface area contributed by atoms with E-state index >= 15 is 0 Å². The van der Waals surface area contributed by atoms with Crippen molar-refractivity contribution in [2.24, 2.45) is 11.8 Å². The van der Waals surface area contributed by atoms with Gasteiger partial charge in [0.05, 0.1) is 0 Å². The molecule has 0 amide bonds. The maximum atomic E-state index is 3.77. The monoisotopic (exact) mass is 224 g/mol. The molecule has 2 atom stereocenters. The Morgan fingerprint density at radius 3 is 2.69 bits per heavy atom. The molecule has 1 saturated carbocycles. The van der Waals surface area contributed by atoms with Crippen molar-refractivity contribution >= 4 is 0 Å². The largest absolute Gasteiger partial charge is 0.314 e. The summed E-state index contributed by atoms with van der Waals surface area (Å²) >= 11 is 0. The molecule has 0 spiro atoms. The van der Waals surface area contributed by atoms with Gasteiger partial charge in [-0.05, 0) is 50.7 Å². The molecule has 94 valence electrons. The van der Waals surface area contributed by atoms with Crippen LogP contribution in [0.4, 0.5) is 0 Å². The molecular formula is C14H28N2. The Morgan fingerprint density at radius 2 is 2.06 bits per heavy atom. The molecule has 0 aromatic carbocycles. The molecule has 2 heteroatoms. The fourth-order valence-corrected chi connectivity index (χ4v) is 2.91. The van der Waals surface area contributed by atoms with Crippen LogP contribution in [0, 0.1) is 11.8 Å². The lowest BCUT2D eigenvalue weighted by atomic mass is 9.93. The van der Waals surface area contributed by atoms with Crippen molar-refractivity contribution in [1.82, 2.24) is 10.2 Å². The summed E-state index contributed by atoms with van der Waals surface area (Å²) in [6, 6.07) is 0.780. The van der Waals surface area contributed by atoms with Gasteiger partial charge >= 0.3 is 0 Å². The third-order valence-electron chi connectivity index (χ3n) is 4.33. The first-order valence-corrected chi connectivity index (χ1v) is 7.25. The first-order chi connectivity index (χ1) is 7.79. The molecule has 2 rings (SSSR count). The summed E-state index contributed by atoms with van der Waals surface area (Å²) in [7, 11) is 0. The van der Waals surface area contributed by atoms with E-state index in [0.29, 0.717) is 0 Å². The summed E-state index contributed by atoms with van der Waals surface area (Å²) < 4.78 is 0. The molecule has 2 fully saturated rings. The molecule has 0 bridgehead atoms. The minimum atomic E-state index is 0.780. The zero-order valence-electron chi connectivity index (χ0n) is 11.0. The van der Waals surface area contributed by atoms with Crippen molar-refractivity contribution < 1.29 is 0 Å². The second-order valence-corrected chi connectivity index (χ2v) is 5.81. The molecule has 1 aliphatic carbocycles. The maximum absolute atomic E-state index is 3.77. The van der Waals surface area contributed by atoms with E-state index in [1.165, 1.54) is 58.3 Å². The summed E-state index contributed by atoms with van der Waals surface area (Å²) in [6.07, 6.45) is 7.22. The highest BCUT2D eigenvalue weighted by molar-refractivity contribution is 4.82. The van der Waals surface area contributed by atoms with Crippen LogP contribution in [-0.4, -0.2) is 37.1 Å². The zero-order valence-corrected chi connectivity index (χ0v) is 11.0. The zero-order chi connectivity index (χ0) is 11.4. The summed E-state index contributed by atoms with van der Waals surface area (Å²) in [6.45, 7) is 9.73. The lowest BCUT2D eigenvalue weighted by Crippen LogP contribution is -2.48. The third-order valence-corrected chi connectivity index (χ3v) is 4.33. The highest BCUT2D eigenvalue weighted by Gasteiger charge is 2.25. The number of likely N-dealkylation sites (tertiary alicyclic amines) is 1. The fraction of sp³-hybridized carbons (Fsp3) is 1.00. The van der Waals surface area contributed by atoms with Gasteiger partial charge in [0.15, 0.2) is 0 Å². The third kappa shape index (κ3) is 3.74. The second kappa shape index (κ2) is 6.02. The Bertz CT molecular complexity index is 201. The van der Waals surface area contributed by atoms with Crippen LogP contribution in [-0.2, 0) is 0 Å². The molecule has 0 radical (unpaired) electrons. The van der Waals surface area contributed by atoms with Crippen molar-refractivity contribution in [1.29, 1.82) is 0 Å². The van der Waals surface area contributed by atoms with E-state index in [-0.39, 0.29) is 0 Å². The first kappa shape index (κ1) is 12.4. The predicted octanol–water partition coefficient (Wildman–Crippen LogP) is 2.50. The van der Waals surface area contributed by atoms with Gasteiger partial charge in [-0.25, -0.2) is 0 Å². The van der Waals surface area contributed by atoms with Crippen molar-refractivity contribution in [2.75, 3.05) is 26.2 Å². The molecule has 0 aromatic heterocycles. The molecule has 2 aliphatic rings. The SMILES string of the molecule is CCN1CCC(NCCCC2CC2)C(C)C1. The number of rotatable bonds is 6. The Balaban J connectivity index is 1.57. The minimum Gasteiger partial charge on any atom is -0.314 e. The lowest BCUT2D eigenvalue weighted by molar-refractivity contribution is 0.153. The molecular weight excluding hydrogens is 196 g/mol. The average molecular weight is 224 g/mol. The fourth-order valence-electron chi connectivity index (χ4n) is 2.91. The van der Waals surface area contributed by atoms with E-state index < -0.39 is 0 Å². The predicted molar refractivity (Wildman–Crippen MR) is 69.6 cm³/mol. The minimum absolute atomic E-state index is 0.780. The van der Waals surface area contributed by atoms with Crippen LogP contribution in [0.15, 0.2) is 0 Å². The van der Waals surface area contributed by atoms with E-state index in [9.17, 15) is 0 Å². The van der Waals surface area contributed by atoms with E-state index in [1.54, 1.807) is 0 Å². The van der Waals surface area contributed by atoms with Crippen molar-refractivity contribution in [3.05, 3.63) is 0 Å². The number of hydrogen-bond acceptors (Lipinski definition) is 2. The number of nitrogens with zero attached hydrogens (tertiary/aromatic N) is 1. The maximum Gasteiger partial charge on any atom is 0.0117 e. The van der Waals surface area contributed by atoms with Crippen LogP contribution in [0.5, 0.6) is 0 Å². The number of nitrogens with one attached hydrogen (secondary N) is 1. The summed E-state index contributed by atoms with van der Waals surface area (Å²) in [5.74, 6) is 1.93. The van der Waals surface area contributed by atoms with Gasteiger partial charge in [-0.1, -0.05) is 26.7 Å². The van der Waals surface area contributed by atoms with Crippen LogP contribution in [0.1, 0.15) is 46.0 Å². The van der Waals surface area contributed by atoms with Gasteiger partial charge in [-0.3, -0.25) is 0 Å². The Kier molecular flexibility index (Phi) is 4.66. The molecule has 1 saturated heterocycles. The first-order valence-electron chi connectivity index (χ1n) is 7.25. The molecule has 1 N–H and O–H groups in total. The summed E-state index contributed by atoms with van der Waals surface area (Å²) in [5.41, 5.74) is 0. The van der Waals surface area contributed by atoms with Gasteiger partial charge in [0.1, 0.15) is 0 Å². The molecule has 2 nitrogen and oxygen atoms in total. The van der Waals surface area contributed by atoms with Crippen LogP contribution >= 0.6 is 0 Å². The topological polar surface area (TPSA) is 15.3 Å². The van der Waals surface area contributed by atoms with Crippen molar-refractivity contribution in [3.63, 3.8) is 0 Å². The van der Waals surface area contributed by atoms with Crippen LogP contribution in [0.2, 0.25) is 0 Å². The number of piperidine rings is 1. The summed E-state index contributed by atoms with van der Waals surface area (Å²) in [5, 5.41) is 3.77. The normalized spacial score (nSPS) is 31.9. The second-order valence-electron chi connectivity index (χ2n) is 5.81. The highest BCUT2D eigenvalue weighted by atomic mass is 15.1. The summed E-state index contributed by atoms with van der Waals surface area (Å²) in [4.78, 5) is 2.58. The smallest absolute Gasteiger partial charge is 0.0117 e. The molecule has 16 heavy (non-hydrogen) atoms. The van der Waals surface area contributed by atoms with Crippen LogP contribution in [0.3, 0.4) is 0 Å². The average Bonchev–Trinajstić information content (AvgIpc) is 3.10. The van der Waals surface area contributed by atoms with E-state index in [1.807, 2.05) is 0 Å². The van der Waals surface area contributed by atoms with Crippen LogP contribution < -0.4 is 5.32 Å². The molecule has 1 heterocycles. The van der Waals surface area contributed by atoms with Gasteiger partial charge in [0.25, 0.3) is 0 Å². The quantitative estimate of drug-likeness (QED) is 0.697. The van der Waals surface area contributed by atoms with Crippen molar-refractivity contribution in [2.45, 2.75) is 52.0 Å². The van der Waals surface area contributed by atoms with E-state index in [0.717, 1.165) is 17.9 Å². The molecule has 1 aliphatic heterocycles. The van der Waals surface area contributed by atoms with Gasteiger partial charge in [-0.2, -0.15) is 0 Å². The van der Waals surface area contributed by atoms with Gasteiger partial charge < -0.3 is 10.2 Å². The lowest BCUT2D eigenvalue weighted by Gasteiger charge is -2.36. The Morgan fingerprint density at radius 1 is 1.25 bits per heavy atom. The standard InChI is InChI=1S/C14H28N2/c1-3-16-10-8-14(12(2)11-16)15-9-4-5-13-6-7-13/h12-15H,3-11H2,1-2H3. The van der Waals surface area contributed by atoms with E-state index in [2.05, 4.69) is 24.1 Å². The molecule has 0 aromatic rings. The van der Waals surface area contributed by atoms with Gasteiger partial charge in [0.2, 0.25) is 0 Å². The Hall–Kier alpha value is -0.0800. The number of hydrogen-bond donors (Lipinski definition) is 1. The van der Waals surface area contributed by atoms with Gasteiger partial charge in [0, 0.05) is 12.6 Å². The Labute approximate surface area is 101 Å². The van der Waals surface area contributed by atoms with Crippen molar-refractivity contribution in [3.8, 4) is 0 Å². The molecule has 2 unspecified atom stereocenters. The van der Waals surface area contributed by atoms with Crippen LogP contribution in [0.25, 0.3) is 0 Å².